The maximum atomic E-state index is 12.5. The topological polar surface area (TPSA) is 78.9 Å². The minimum absolute atomic E-state index is 0.205. The second-order valence-corrected chi connectivity index (χ2v) is 6.58. The number of nitrogens with zero attached hydrogens (tertiary/aromatic N) is 1. The Morgan fingerprint density at radius 3 is 2.45 bits per heavy atom. The van der Waals surface area contributed by atoms with Gasteiger partial charge in [-0.15, -0.1) is 0 Å². The van der Waals surface area contributed by atoms with E-state index in [1.807, 2.05) is 25.1 Å². The first-order chi connectivity index (χ1) is 13.9. The predicted octanol–water partition coefficient (Wildman–Crippen LogP) is 4.24. The Kier molecular flexibility index (Phi) is 6.29. The molecule has 0 bridgehead atoms. The highest BCUT2D eigenvalue weighted by Crippen LogP contribution is 2.36. The standard InChI is InChI=1S/C21H21ClN2O5/c1-12-7-18(14-8-13(26-2)5-6-16(14)23-12)29-11-21(25)24-17-10-19(27-3)15(22)9-20(17)28-4/h5-10H,11H2,1-4H3,(H,24,25). The van der Waals surface area contributed by atoms with Crippen molar-refractivity contribution in [2.45, 2.75) is 6.92 Å². The summed E-state index contributed by atoms with van der Waals surface area (Å²) in [5.41, 5.74) is 1.97. The summed E-state index contributed by atoms with van der Waals surface area (Å²) in [6.45, 7) is 1.66. The summed E-state index contributed by atoms with van der Waals surface area (Å²) >= 11 is 6.09. The highest BCUT2D eigenvalue weighted by Gasteiger charge is 2.14. The van der Waals surface area contributed by atoms with E-state index in [1.165, 1.54) is 14.2 Å². The molecule has 152 valence electrons. The van der Waals surface area contributed by atoms with E-state index in [0.29, 0.717) is 33.7 Å². The van der Waals surface area contributed by atoms with E-state index in [-0.39, 0.29) is 12.5 Å². The Morgan fingerprint density at radius 1 is 1.00 bits per heavy atom. The van der Waals surface area contributed by atoms with Crippen molar-refractivity contribution < 1.29 is 23.7 Å². The van der Waals surface area contributed by atoms with Crippen LogP contribution in [0, 0.1) is 6.92 Å². The molecule has 8 heteroatoms. The molecule has 29 heavy (non-hydrogen) atoms. The highest BCUT2D eigenvalue weighted by atomic mass is 35.5. The number of carbonyl (C=O) groups excluding carboxylic acids is 1. The number of nitrogens with one attached hydrogen (secondary N) is 1. The molecule has 1 N–H and O–H groups in total. The molecule has 2 aromatic carbocycles. The number of aromatic nitrogens is 1. The van der Waals surface area contributed by atoms with Gasteiger partial charge in [-0.05, 0) is 25.1 Å². The average Bonchev–Trinajstić information content (AvgIpc) is 2.72. The number of anilines is 1. The number of carbonyl (C=O) groups is 1. The molecular formula is C21H21ClN2O5. The van der Waals surface area contributed by atoms with E-state index in [1.54, 1.807) is 25.3 Å². The molecule has 0 radical (unpaired) electrons. The largest absolute Gasteiger partial charge is 0.497 e. The van der Waals surface area contributed by atoms with Gasteiger partial charge in [-0.2, -0.15) is 0 Å². The molecule has 0 spiro atoms. The lowest BCUT2D eigenvalue weighted by atomic mass is 10.1. The molecule has 0 aliphatic carbocycles. The quantitative estimate of drug-likeness (QED) is 0.620. The Morgan fingerprint density at radius 2 is 1.76 bits per heavy atom. The number of halogens is 1. The maximum Gasteiger partial charge on any atom is 0.262 e. The first-order valence-electron chi connectivity index (χ1n) is 8.74. The van der Waals surface area contributed by atoms with Crippen LogP contribution in [0.4, 0.5) is 5.69 Å². The fourth-order valence-corrected chi connectivity index (χ4v) is 3.06. The van der Waals surface area contributed by atoms with Gasteiger partial charge in [0.15, 0.2) is 6.61 Å². The summed E-state index contributed by atoms with van der Waals surface area (Å²) in [4.78, 5) is 17.0. The molecule has 0 aliphatic rings. The zero-order chi connectivity index (χ0) is 21.0. The van der Waals surface area contributed by atoms with Gasteiger partial charge in [-0.1, -0.05) is 11.6 Å². The minimum atomic E-state index is -0.363. The summed E-state index contributed by atoms with van der Waals surface area (Å²) < 4.78 is 21.5. The third kappa shape index (κ3) is 4.63. The number of benzene rings is 2. The van der Waals surface area contributed by atoms with Crippen LogP contribution < -0.4 is 24.3 Å². The number of methoxy groups -OCH3 is 3. The van der Waals surface area contributed by atoms with Crippen LogP contribution in [0.5, 0.6) is 23.0 Å². The number of aryl methyl sites for hydroxylation is 1. The van der Waals surface area contributed by atoms with Gasteiger partial charge in [0.1, 0.15) is 23.0 Å². The van der Waals surface area contributed by atoms with E-state index in [2.05, 4.69) is 10.3 Å². The average molecular weight is 417 g/mol. The smallest absolute Gasteiger partial charge is 0.262 e. The van der Waals surface area contributed by atoms with Crippen molar-refractivity contribution in [1.82, 2.24) is 4.98 Å². The molecule has 0 saturated carbocycles. The summed E-state index contributed by atoms with van der Waals surface area (Å²) in [5.74, 6) is 1.70. The second-order valence-electron chi connectivity index (χ2n) is 6.17. The molecule has 1 amide bonds. The number of hydrogen-bond acceptors (Lipinski definition) is 6. The molecule has 0 saturated heterocycles. The van der Waals surface area contributed by atoms with Crippen LogP contribution in [0.1, 0.15) is 5.69 Å². The van der Waals surface area contributed by atoms with Crippen molar-refractivity contribution >= 4 is 34.1 Å². The van der Waals surface area contributed by atoms with E-state index < -0.39 is 0 Å². The summed E-state index contributed by atoms with van der Waals surface area (Å²) in [6.07, 6.45) is 0. The molecule has 0 fully saturated rings. The minimum Gasteiger partial charge on any atom is -0.497 e. The van der Waals surface area contributed by atoms with E-state index >= 15 is 0 Å². The summed E-state index contributed by atoms with van der Waals surface area (Å²) in [5, 5.41) is 3.89. The van der Waals surface area contributed by atoms with Crippen LogP contribution in [0.3, 0.4) is 0 Å². The molecule has 7 nitrogen and oxygen atoms in total. The van der Waals surface area contributed by atoms with Crippen LogP contribution >= 0.6 is 11.6 Å². The van der Waals surface area contributed by atoms with Crippen molar-refractivity contribution in [2.75, 3.05) is 33.3 Å². The summed E-state index contributed by atoms with van der Waals surface area (Å²) in [6, 6.07) is 10.4. The summed E-state index contributed by atoms with van der Waals surface area (Å²) in [7, 11) is 4.57. The van der Waals surface area contributed by atoms with Crippen LogP contribution in [-0.2, 0) is 4.79 Å². The Labute approximate surface area is 173 Å². The fourth-order valence-electron chi connectivity index (χ4n) is 2.83. The van der Waals surface area contributed by atoms with E-state index in [9.17, 15) is 4.79 Å². The first kappa shape index (κ1) is 20.5. The zero-order valence-corrected chi connectivity index (χ0v) is 17.3. The van der Waals surface area contributed by atoms with Crippen molar-refractivity contribution in [3.8, 4) is 23.0 Å². The van der Waals surface area contributed by atoms with Crippen LogP contribution in [-0.4, -0.2) is 38.8 Å². The number of pyridine rings is 1. The van der Waals surface area contributed by atoms with E-state index in [0.717, 1.165) is 16.6 Å². The van der Waals surface area contributed by atoms with Crippen molar-refractivity contribution in [2.24, 2.45) is 0 Å². The Bertz CT molecular complexity index is 1050. The monoisotopic (exact) mass is 416 g/mol. The van der Waals surface area contributed by atoms with E-state index in [4.69, 9.17) is 30.5 Å². The number of amides is 1. The van der Waals surface area contributed by atoms with Crippen LogP contribution in [0.2, 0.25) is 5.02 Å². The molecule has 1 aromatic heterocycles. The zero-order valence-electron chi connectivity index (χ0n) is 16.5. The Balaban J connectivity index is 1.79. The molecule has 1 heterocycles. The van der Waals surface area contributed by atoms with Gasteiger partial charge in [-0.3, -0.25) is 9.78 Å². The fraction of sp³-hybridized carbons (Fsp3) is 0.238. The number of rotatable bonds is 7. The van der Waals surface area contributed by atoms with Gasteiger partial charge in [0.2, 0.25) is 0 Å². The third-order valence-corrected chi connectivity index (χ3v) is 4.51. The Hall–Kier alpha value is -3.19. The molecule has 3 aromatic rings. The van der Waals surface area contributed by atoms with Crippen molar-refractivity contribution in [3.05, 3.63) is 47.1 Å². The molecule has 0 atom stereocenters. The molecule has 3 rings (SSSR count). The van der Waals surface area contributed by atoms with Gasteiger partial charge in [0.05, 0.1) is 37.6 Å². The predicted molar refractivity (Wildman–Crippen MR) is 112 cm³/mol. The van der Waals surface area contributed by atoms with Gasteiger partial charge >= 0.3 is 0 Å². The molecule has 0 aliphatic heterocycles. The van der Waals surface area contributed by atoms with Crippen molar-refractivity contribution in [3.63, 3.8) is 0 Å². The molecular weight excluding hydrogens is 396 g/mol. The second kappa shape index (κ2) is 8.87. The highest BCUT2D eigenvalue weighted by molar-refractivity contribution is 6.32. The SMILES string of the molecule is COc1ccc2nc(C)cc(OCC(=O)Nc3cc(OC)c(Cl)cc3OC)c2c1. The third-order valence-electron chi connectivity index (χ3n) is 4.21. The van der Waals surface area contributed by atoms with Gasteiger partial charge < -0.3 is 24.3 Å². The van der Waals surface area contributed by atoms with Gasteiger partial charge in [0.25, 0.3) is 5.91 Å². The maximum absolute atomic E-state index is 12.5. The van der Waals surface area contributed by atoms with Gasteiger partial charge in [0, 0.05) is 29.3 Å². The van der Waals surface area contributed by atoms with Crippen LogP contribution in [0.15, 0.2) is 36.4 Å². The molecule has 0 unspecified atom stereocenters. The number of ether oxygens (including phenoxy) is 4. The number of hydrogen-bond donors (Lipinski definition) is 1. The number of fused-ring (bicyclic) bond motifs is 1. The van der Waals surface area contributed by atoms with Crippen LogP contribution in [0.25, 0.3) is 10.9 Å². The lowest BCUT2D eigenvalue weighted by Gasteiger charge is -2.14. The lowest BCUT2D eigenvalue weighted by molar-refractivity contribution is -0.118. The van der Waals surface area contributed by atoms with Crippen molar-refractivity contribution in [1.29, 1.82) is 0 Å². The normalized spacial score (nSPS) is 10.5. The lowest BCUT2D eigenvalue weighted by Crippen LogP contribution is -2.20. The van der Waals surface area contributed by atoms with Gasteiger partial charge in [-0.25, -0.2) is 0 Å². The first-order valence-corrected chi connectivity index (χ1v) is 9.12.